The van der Waals surface area contributed by atoms with Crippen LogP contribution in [0.4, 0.5) is 16.2 Å². The van der Waals surface area contributed by atoms with Crippen LogP contribution in [0.2, 0.25) is 5.02 Å². The summed E-state index contributed by atoms with van der Waals surface area (Å²) >= 11 is 7.41. The van der Waals surface area contributed by atoms with E-state index in [2.05, 4.69) is 32.6 Å². The molecular formula is C20H17ClN6OS. The minimum atomic E-state index is -0.321. The zero-order valence-electron chi connectivity index (χ0n) is 15.5. The van der Waals surface area contributed by atoms with Crippen molar-refractivity contribution < 1.29 is 4.79 Å². The number of hydrogen-bond donors (Lipinski definition) is 2. The number of nitrogens with zero attached hydrogens (tertiary/aromatic N) is 4. The molecular weight excluding hydrogens is 408 g/mol. The Morgan fingerprint density at radius 3 is 2.38 bits per heavy atom. The van der Waals surface area contributed by atoms with Crippen LogP contribution in [0, 0.1) is 0 Å². The first-order valence-corrected chi connectivity index (χ1v) is 10.1. The van der Waals surface area contributed by atoms with E-state index in [1.165, 1.54) is 6.33 Å². The third kappa shape index (κ3) is 4.67. The van der Waals surface area contributed by atoms with Crippen molar-refractivity contribution in [3.05, 3.63) is 71.6 Å². The summed E-state index contributed by atoms with van der Waals surface area (Å²) in [6, 6.07) is 16.2. The number of hydrogen-bond acceptors (Lipinski definition) is 5. The SMILES string of the molecule is CCc1cc(Sc2ccc(NC(=O)Nc3ccc(Cl)cc3)cc2)n2ncnc2n1. The van der Waals surface area contributed by atoms with Crippen molar-refractivity contribution in [2.45, 2.75) is 23.3 Å². The lowest BCUT2D eigenvalue weighted by Gasteiger charge is -2.09. The van der Waals surface area contributed by atoms with Gasteiger partial charge in [-0.2, -0.15) is 14.6 Å². The number of aryl methyl sites for hydroxylation is 1. The topological polar surface area (TPSA) is 84.2 Å². The lowest BCUT2D eigenvalue weighted by Crippen LogP contribution is -2.19. The molecule has 4 aromatic rings. The van der Waals surface area contributed by atoms with E-state index in [4.69, 9.17) is 11.6 Å². The van der Waals surface area contributed by atoms with Gasteiger partial charge in [0.2, 0.25) is 0 Å². The number of anilines is 2. The Kier molecular flexibility index (Phi) is 5.64. The van der Waals surface area contributed by atoms with Crippen LogP contribution in [0.3, 0.4) is 0 Å². The summed E-state index contributed by atoms with van der Waals surface area (Å²) in [7, 11) is 0. The van der Waals surface area contributed by atoms with Gasteiger partial charge in [0.1, 0.15) is 11.4 Å². The van der Waals surface area contributed by atoms with E-state index >= 15 is 0 Å². The predicted molar refractivity (Wildman–Crippen MR) is 115 cm³/mol. The lowest BCUT2D eigenvalue weighted by atomic mass is 10.3. The number of carbonyl (C=O) groups excluding carboxylic acids is 1. The maximum atomic E-state index is 12.1. The molecule has 2 heterocycles. The molecule has 4 rings (SSSR count). The van der Waals surface area contributed by atoms with Gasteiger partial charge in [0.25, 0.3) is 5.78 Å². The second kappa shape index (κ2) is 8.50. The summed E-state index contributed by atoms with van der Waals surface area (Å²) in [5, 5.41) is 11.4. The van der Waals surface area contributed by atoms with E-state index in [-0.39, 0.29) is 6.03 Å². The maximum Gasteiger partial charge on any atom is 0.323 e. The van der Waals surface area contributed by atoms with Crippen LogP contribution < -0.4 is 10.6 Å². The zero-order valence-corrected chi connectivity index (χ0v) is 17.0. The molecule has 0 saturated carbocycles. The van der Waals surface area contributed by atoms with Crippen molar-refractivity contribution >= 4 is 46.5 Å². The fourth-order valence-corrected chi connectivity index (χ4v) is 3.69. The number of rotatable bonds is 5. The Hall–Kier alpha value is -3.10. The summed E-state index contributed by atoms with van der Waals surface area (Å²) in [6.07, 6.45) is 2.32. The minimum absolute atomic E-state index is 0.321. The fraction of sp³-hybridized carbons (Fsp3) is 0.100. The van der Waals surface area contributed by atoms with Crippen molar-refractivity contribution in [3.63, 3.8) is 0 Å². The average Bonchev–Trinajstić information content (AvgIpc) is 3.20. The number of halogens is 1. The highest BCUT2D eigenvalue weighted by Crippen LogP contribution is 2.29. The molecule has 0 aliphatic heterocycles. The zero-order chi connectivity index (χ0) is 20.2. The van der Waals surface area contributed by atoms with E-state index in [0.29, 0.717) is 22.2 Å². The Morgan fingerprint density at radius 1 is 1.07 bits per heavy atom. The first-order chi connectivity index (χ1) is 14.1. The summed E-state index contributed by atoms with van der Waals surface area (Å²) < 4.78 is 1.72. The van der Waals surface area contributed by atoms with E-state index in [1.54, 1.807) is 40.5 Å². The van der Waals surface area contributed by atoms with Crippen LogP contribution in [0.1, 0.15) is 12.6 Å². The molecule has 2 N–H and O–H groups in total. The Balaban J connectivity index is 1.43. The summed E-state index contributed by atoms with van der Waals surface area (Å²) in [4.78, 5) is 21.8. The highest BCUT2D eigenvalue weighted by atomic mass is 35.5. The molecule has 0 atom stereocenters. The molecule has 2 aromatic heterocycles. The van der Waals surface area contributed by atoms with Gasteiger partial charge in [0.05, 0.1) is 0 Å². The van der Waals surface area contributed by atoms with Gasteiger partial charge in [-0.15, -0.1) is 0 Å². The van der Waals surface area contributed by atoms with Gasteiger partial charge >= 0.3 is 6.03 Å². The molecule has 29 heavy (non-hydrogen) atoms. The van der Waals surface area contributed by atoms with Crippen molar-refractivity contribution in [1.82, 2.24) is 19.6 Å². The molecule has 9 heteroatoms. The van der Waals surface area contributed by atoms with Crippen LogP contribution in [0.5, 0.6) is 0 Å². The molecule has 0 radical (unpaired) electrons. The van der Waals surface area contributed by atoms with Gasteiger partial charge in [-0.1, -0.05) is 30.3 Å². The molecule has 0 spiro atoms. The second-order valence-electron chi connectivity index (χ2n) is 6.12. The average molecular weight is 425 g/mol. The van der Waals surface area contributed by atoms with Crippen LogP contribution in [0.15, 0.2) is 70.8 Å². The van der Waals surface area contributed by atoms with Crippen molar-refractivity contribution in [2.75, 3.05) is 10.6 Å². The van der Waals surface area contributed by atoms with E-state index in [9.17, 15) is 4.79 Å². The molecule has 7 nitrogen and oxygen atoms in total. The normalized spacial score (nSPS) is 10.8. The van der Waals surface area contributed by atoms with Crippen LogP contribution in [0.25, 0.3) is 5.78 Å². The second-order valence-corrected chi connectivity index (χ2v) is 7.65. The highest BCUT2D eigenvalue weighted by Gasteiger charge is 2.09. The van der Waals surface area contributed by atoms with Crippen molar-refractivity contribution in [3.8, 4) is 0 Å². The standard InChI is InChI=1S/C20H17ClN6OS/c1-2-14-11-18(27-19(24-14)22-12-23-27)29-17-9-7-16(8-10-17)26-20(28)25-15-5-3-13(21)4-6-15/h3-12H,2H2,1H3,(H2,25,26,28). The molecule has 0 aliphatic rings. The van der Waals surface area contributed by atoms with E-state index in [0.717, 1.165) is 22.0 Å². The molecule has 0 fully saturated rings. The van der Waals surface area contributed by atoms with Gasteiger partial charge in [-0.3, -0.25) is 0 Å². The van der Waals surface area contributed by atoms with Crippen LogP contribution in [-0.4, -0.2) is 25.6 Å². The monoisotopic (exact) mass is 424 g/mol. The van der Waals surface area contributed by atoms with E-state index < -0.39 is 0 Å². The molecule has 0 saturated heterocycles. The van der Waals surface area contributed by atoms with Gasteiger partial charge in [0, 0.05) is 27.0 Å². The Labute approximate surface area is 176 Å². The number of benzene rings is 2. The van der Waals surface area contributed by atoms with Gasteiger partial charge in [0.15, 0.2) is 0 Å². The molecule has 146 valence electrons. The minimum Gasteiger partial charge on any atom is -0.308 e. The summed E-state index contributed by atoms with van der Waals surface area (Å²) in [5.41, 5.74) is 2.32. The number of urea groups is 1. The van der Waals surface area contributed by atoms with Crippen molar-refractivity contribution in [1.29, 1.82) is 0 Å². The van der Waals surface area contributed by atoms with Gasteiger partial charge in [-0.05, 0) is 61.0 Å². The van der Waals surface area contributed by atoms with Crippen LogP contribution in [-0.2, 0) is 6.42 Å². The fourth-order valence-electron chi connectivity index (χ4n) is 2.64. The number of aromatic nitrogens is 4. The molecule has 2 aromatic carbocycles. The number of nitrogens with one attached hydrogen (secondary N) is 2. The number of fused-ring (bicyclic) bond motifs is 1. The first kappa shape index (κ1) is 19.2. The van der Waals surface area contributed by atoms with E-state index in [1.807, 2.05) is 30.3 Å². The molecule has 0 bridgehead atoms. The largest absolute Gasteiger partial charge is 0.323 e. The van der Waals surface area contributed by atoms with Gasteiger partial charge < -0.3 is 10.6 Å². The quantitative estimate of drug-likeness (QED) is 0.433. The van der Waals surface area contributed by atoms with Crippen molar-refractivity contribution in [2.24, 2.45) is 0 Å². The third-order valence-electron chi connectivity index (χ3n) is 4.07. The number of carbonyl (C=O) groups is 1. The molecule has 0 aliphatic carbocycles. The summed E-state index contributed by atoms with van der Waals surface area (Å²) in [5.74, 6) is 0.587. The Bertz CT molecular complexity index is 1140. The highest BCUT2D eigenvalue weighted by molar-refractivity contribution is 7.99. The smallest absolute Gasteiger partial charge is 0.308 e. The molecule has 2 amide bonds. The van der Waals surface area contributed by atoms with Crippen LogP contribution >= 0.6 is 23.4 Å². The Morgan fingerprint density at radius 2 is 1.72 bits per heavy atom. The summed E-state index contributed by atoms with van der Waals surface area (Å²) in [6.45, 7) is 2.05. The van der Waals surface area contributed by atoms with Gasteiger partial charge in [-0.25, -0.2) is 9.78 Å². The lowest BCUT2D eigenvalue weighted by molar-refractivity contribution is 0.262. The maximum absolute atomic E-state index is 12.1. The first-order valence-electron chi connectivity index (χ1n) is 8.92. The number of amides is 2. The third-order valence-corrected chi connectivity index (χ3v) is 5.33. The molecule has 0 unspecified atom stereocenters. The predicted octanol–water partition coefficient (Wildman–Crippen LogP) is 5.14.